The first kappa shape index (κ1) is 17.0. The second-order valence-corrected chi connectivity index (χ2v) is 7.00. The number of pyridine rings is 1. The van der Waals surface area contributed by atoms with Crippen LogP contribution in [0.2, 0.25) is 0 Å². The molecule has 0 saturated carbocycles. The Morgan fingerprint density at radius 3 is 2.35 bits per heavy atom. The molecule has 122 valence electrons. The van der Waals surface area contributed by atoms with Gasteiger partial charge in [0.25, 0.3) is 0 Å². The summed E-state index contributed by atoms with van der Waals surface area (Å²) in [5.74, 6) is -0.365. The molecule has 7 heteroatoms. The van der Waals surface area contributed by atoms with Gasteiger partial charge in [0.2, 0.25) is 15.9 Å². The molecule has 1 aromatic heterocycles. The number of benzene rings is 1. The molecule has 1 amide bonds. The van der Waals surface area contributed by atoms with Crippen LogP contribution >= 0.6 is 0 Å². The maximum atomic E-state index is 12.3. The van der Waals surface area contributed by atoms with Gasteiger partial charge in [0.05, 0.1) is 11.9 Å². The van der Waals surface area contributed by atoms with Gasteiger partial charge in [-0.2, -0.15) is 0 Å². The first-order valence-electron chi connectivity index (χ1n) is 7.10. The van der Waals surface area contributed by atoms with E-state index >= 15 is 0 Å². The van der Waals surface area contributed by atoms with Crippen LogP contribution in [0.5, 0.6) is 0 Å². The van der Waals surface area contributed by atoms with Crippen molar-refractivity contribution < 1.29 is 13.2 Å². The highest BCUT2D eigenvalue weighted by atomic mass is 32.2. The molecule has 0 aliphatic rings. The zero-order valence-electron chi connectivity index (χ0n) is 13.0. The number of aromatic nitrogens is 1. The lowest BCUT2D eigenvalue weighted by Crippen LogP contribution is -2.47. The number of carbonyl (C=O) groups is 1. The molecule has 2 aromatic rings. The second-order valence-electron chi connectivity index (χ2n) is 5.14. The fourth-order valence-electron chi connectivity index (χ4n) is 2.22. The minimum atomic E-state index is -3.58. The highest BCUT2D eigenvalue weighted by Gasteiger charge is 2.28. The molecule has 0 saturated heterocycles. The van der Waals surface area contributed by atoms with Crippen molar-refractivity contribution in [3.8, 4) is 0 Å². The second kappa shape index (κ2) is 7.23. The Kier molecular flexibility index (Phi) is 5.33. The first-order valence-corrected chi connectivity index (χ1v) is 8.95. The summed E-state index contributed by atoms with van der Waals surface area (Å²) in [6, 6.07) is 11.3. The highest BCUT2D eigenvalue weighted by Crippen LogP contribution is 2.20. The lowest BCUT2D eigenvalue weighted by molar-refractivity contribution is -0.122. The molecule has 0 aliphatic heterocycles. The summed E-state index contributed by atoms with van der Waals surface area (Å²) in [5, 5.41) is 2.75. The maximum absolute atomic E-state index is 12.3. The van der Waals surface area contributed by atoms with Gasteiger partial charge in [-0.05, 0) is 36.8 Å². The number of hydrogen-bond donors (Lipinski definition) is 1. The van der Waals surface area contributed by atoms with E-state index in [4.69, 9.17) is 0 Å². The quantitative estimate of drug-likeness (QED) is 0.870. The van der Waals surface area contributed by atoms with E-state index in [1.807, 2.05) is 0 Å². The Morgan fingerprint density at radius 1 is 1.17 bits per heavy atom. The number of amides is 1. The van der Waals surface area contributed by atoms with E-state index in [2.05, 4.69) is 10.3 Å². The highest BCUT2D eigenvalue weighted by molar-refractivity contribution is 7.92. The van der Waals surface area contributed by atoms with Crippen LogP contribution in [0.1, 0.15) is 12.5 Å². The Morgan fingerprint density at radius 2 is 1.78 bits per heavy atom. The average Bonchev–Trinajstić information content (AvgIpc) is 2.53. The molecule has 0 spiro atoms. The zero-order chi connectivity index (χ0) is 16.9. The largest absolute Gasteiger partial charge is 0.350 e. The molecule has 0 radical (unpaired) electrons. The molecule has 0 bridgehead atoms. The van der Waals surface area contributed by atoms with Crippen LogP contribution in [0.4, 0.5) is 5.69 Å². The first-order chi connectivity index (χ1) is 10.9. The van der Waals surface area contributed by atoms with Crippen LogP contribution in [0.25, 0.3) is 0 Å². The SMILES string of the molecule is CC(C(=O)NCc1ccncc1)N(c1ccccc1)S(C)(=O)=O. The predicted molar refractivity (Wildman–Crippen MR) is 89.3 cm³/mol. The van der Waals surface area contributed by atoms with Gasteiger partial charge in [0.15, 0.2) is 0 Å². The van der Waals surface area contributed by atoms with Crippen LogP contribution < -0.4 is 9.62 Å². The fraction of sp³-hybridized carbons (Fsp3) is 0.250. The Labute approximate surface area is 136 Å². The van der Waals surface area contributed by atoms with Crippen molar-refractivity contribution in [3.05, 3.63) is 60.4 Å². The average molecular weight is 333 g/mol. The van der Waals surface area contributed by atoms with Crippen molar-refractivity contribution in [2.24, 2.45) is 0 Å². The van der Waals surface area contributed by atoms with Gasteiger partial charge in [0.1, 0.15) is 6.04 Å². The van der Waals surface area contributed by atoms with Crippen LogP contribution in [0.3, 0.4) is 0 Å². The van der Waals surface area contributed by atoms with Crippen molar-refractivity contribution in [2.75, 3.05) is 10.6 Å². The lowest BCUT2D eigenvalue weighted by atomic mass is 10.2. The molecule has 1 heterocycles. The smallest absolute Gasteiger partial charge is 0.243 e. The molecule has 0 aliphatic carbocycles. The Bertz CT molecular complexity index is 749. The fourth-order valence-corrected chi connectivity index (χ4v) is 3.40. The van der Waals surface area contributed by atoms with Crippen LogP contribution in [-0.2, 0) is 21.4 Å². The molecule has 0 fully saturated rings. The Hall–Kier alpha value is -2.41. The lowest BCUT2D eigenvalue weighted by Gasteiger charge is -2.28. The van der Waals surface area contributed by atoms with Crippen molar-refractivity contribution in [1.29, 1.82) is 0 Å². The van der Waals surface area contributed by atoms with Crippen molar-refractivity contribution in [3.63, 3.8) is 0 Å². The molecule has 1 atom stereocenters. The number of para-hydroxylation sites is 1. The van der Waals surface area contributed by atoms with Crippen molar-refractivity contribution >= 4 is 21.6 Å². The molecule has 2 rings (SSSR count). The van der Waals surface area contributed by atoms with E-state index < -0.39 is 16.1 Å². The number of nitrogens with zero attached hydrogens (tertiary/aromatic N) is 2. The van der Waals surface area contributed by atoms with E-state index in [0.717, 1.165) is 16.1 Å². The minimum absolute atomic E-state index is 0.318. The van der Waals surface area contributed by atoms with Crippen LogP contribution in [-0.4, -0.2) is 31.6 Å². The van der Waals surface area contributed by atoms with Crippen LogP contribution in [0, 0.1) is 0 Å². The summed E-state index contributed by atoms with van der Waals surface area (Å²) >= 11 is 0. The number of carbonyl (C=O) groups excluding carboxylic acids is 1. The third kappa shape index (κ3) is 4.53. The molecule has 6 nitrogen and oxygen atoms in total. The normalized spacial score (nSPS) is 12.4. The summed E-state index contributed by atoms with van der Waals surface area (Å²) in [7, 11) is -3.58. The number of sulfonamides is 1. The van der Waals surface area contributed by atoms with E-state index in [1.54, 1.807) is 61.8 Å². The Balaban J connectivity index is 2.14. The van der Waals surface area contributed by atoms with E-state index in [1.165, 1.54) is 0 Å². The van der Waals surface area contributed by atoms with E-state index in [0.29, 0.717) is 12.2 Å². The predicted octanol–water partition coefficient (Wildman–Crippen LogP) is 1.55. The van der Waals surface area contributed by atoms with Gasteiger partial charge < -0.3 is 5.32 Å². The van der Waals surface area contributed by atoms with Crippen LogP contribution in [0.15, 0.2) is 54.9 Å². The minimum Gasteiger partial charge on any atom is -0.350 e. The molecule has 1 aromatic carbocycles. The number of nitrogens with one attached hydrogen (secondary N) is 1. The summed E-state index contributed by atoms with van der Waals surface area (Å²) in [4.78, 5) is 16.3. The van der Waals surface area contributed by atoms with Gasteiger partial charge in [-0.1, -0.05) is 18.2 Å². The maximum Gasteiger partial charge on any atom is 0.243 e. The number of rotatable bonds is 6. The monoisotopic (exact) mass is 333 g/mol. The molecule has 1 unspecified atom stereocenters. The van der Waals surface area contributed by atoms with Gasteiger partial charge >= 0.3 is 0 Å². The number of anilines is 1. The molecular formula is C16H19N3O3S. The van der Waals surface area contributed by atoms with Crippen molar-refractivity contribution in [2.45, 2.75) is 19.5 Å². The summed E-state index contributed by atoms with van der Waals surface area (Å²) in [5.41, 5.74) is 1.35. The van der Waals surface area contributed by atoms with Gasteiger partial charge in [-0.15, -0.1) is 0 Å². The van der Waals surface area contributed by atoms with E-state index in [9.17, 15) is 13.2 Å². The third-order valence-electron chi connectivity index (χ3n) is 3.32. The van der Waals surface area contributed by atoms with Crippen molar-refractivity contribution in [1.82, 2.24) is 10.3 Å². The topological polar surface area (TPSA) is 79.4 Å². The van der Waals surface area contributed by atoms with E-state index in [-0.39, 0.29) is 5.91 Å². The molecular weight excluding hydrogens is 314 g/mol. The number of hydrogen-bond acceptors (Lipinski definition) is 4. The summed E-state index contributed by atoms with van der Waals surface area (Å²) in [6.45, 7) is 1.88. The zero-order valence-corrected chi connectivity index (χ0v) is 13.8. The standard InChI is InChI=1S/C16H19N3O3S/c1-13(16(20)18-12-14-8-10-17-11-9-14)19(23(2,21)22)15-6-4-3-5-7-15/h3-11,13H,12H2,1-2H3,(H,18,20). The summed E-state index contributed by atoms with van der Waals surface area (Å²) in [6.07, 6.45) is 4.36. The molecule has 1 N–H and O–H groups in total. The van der Waals surface area contributed by atoms with Gasteiger partial charge in [-0.25, -0.2) is 8.42 Å². The van der Waals surface area contributed by atoms with Gasteiger partial charge in [0, 0.05) is 18.9 Å². The third-order valence-corrected chi connectivity index (χ3v) is 4.56. The molecule has 23 heavy (non-hydrogen) atoms. The van der Waals surface area contributed by atoms with Gasteiger partial charge in [-0.3, -0.25) is 14.1 Å². The summed E-state index contributed by atoms with van der Waals surface area (Å²) < 4.78 is 25.3.